The van der Waals surface area contributed by atoms with Crippen LogP contribution < -0.4 is 4.74 Å². The number of ether oxygens (including phenoxy) is 1. The molecular formula is C51H43NO. The van der Waals surface area contributed by atoms with Gasteiger partial charge in [0.2, 0.25) is 0 Å². The first-order valence-corrected chi connectivity index (χ1v) is 18.5. The zero-order valence-electron chi connectivity index (χ0n) is 29.9. The van der Waals surface area contributed by atoms with Crippen molar-refractivity contribution in [3.05, 3.63) is 252 Å². The van der Waals surface area contributed by atoms with Crippen molar-refractivity contribution >= 4 is 5.71 Å². The van der Waals surface area contributed by atoms with Gasteiger partial charge in [-0.25, -0.2) is 0 Å². The fourth-order valence-corrected chi connectivity index (χ4v) is 8.24. The third-order valence-electron chi connectivity index (χ3n) is 10.7. The Labute approximate surface area is 313 Å². The van der Waals surface area contributed by atoms with Gasteiger partial charge in [-0.05, 0) is 64.5 Å². The number of hydrogen-bond donors (Lipinski definition) is 0. The van der Waals surface area contributed by atoms with E-state index >= 15 is 0 Å². The lowest BCUT2D eigenvalue weighted by molar-refractivity contribution is 0.433. The Morgan fingerprint density at radius 1 is 0.717 bits per heavy atom. The fraction of sp³-hybridized carbons (Fsp3) is 0.118. The minimum atomic E-state index is -0.613. The van der Waals surface area contributed by atoms with E-state index < -0.39 is 5.41 Å². The van der Waals surface area contributed by atoms with Crippen LogP contribution in [-0.4, -0.2) is 11.8 Å². The highest BCUT2D eigenvalue weighted by atomic mass is 16.5. The highest BCUT2D eigenvalue weighted by Crippen LogP contribution is 2.57. The molecule has 5 aromatic rings. The molecule has 3 aliphatic rings. The van der Waals surface area contributed by atoms with E-state index in [1.165, 1.54) is 22.3 Å². The first-order valence-electron chi connectivity index (χ1n) is 18.5. The standard InChI is InChI=1S/C51H43NO/c1-3-47(38-21-7-4-8-22-38)52-48(39-23-9-5-10-24-39)36-35-37(2)41-27-13-14-28-42(41)43-29-15-16-30-44(43)51(40-25-11-6-12-26-40)45-31-17-19-33-49(45)53-50-34-20-18-32-46(50)51/h3-4,6-9,11-36,41-42,48H,1-2,5,10H2/b36-35+,52-47?/t41?,42?,48-/m0/s1. The van der Waals surface area contributed by atoms with Crippen molar-refractivity contribution in [2.75, 3.05) is 0 Å². The summed E-state index contributed by atoms with van der Waals surface area (Å²) in [4.78, 5) is 5.25. The van der Waals surface area contributed by atoms with E-state index in [-0.39, 0.29) is 17.9 Å². The predicted molar refractivity (Wildman–Crippen MR) is 221 cm³/mol. The highest BCUT2D eigenvalue weighted by molar-refractivity contribution is 6.08. The molecule has 2 heteroatoms. The average molecular weight is 686 g/mol. The molecule has 8 rings (SSSR count). The maximum Gasteiger partial charge on any atom is 0.132 e. The molecule has 1 heterocycles. The first-order chi connectivity index (χ1) is 26.2. The summed E-state index contributed by atoms with van der Waals surface area (Å²) in [6, 6.07) is 47.0. The van der Waals surface area contributed by atoms with Crippen LogP contribution in [0.25, 0.3) is 0 Å². The van der Waals surface area contributed by atoms with Crippen LogP contribution in [0, 0.1) is 5.92 Å². The molecule has 258 valence electrons. The molecule has 2 nitrogen and oxygen atoms in total. The van der Waals surface area contributed by atoms with Gasteiger partial charge >= 0.3 is 0 Å². The van der Waals surface area contributed by atoms with Crippen molar-refractivity contribution in [2.24, 2.45) is 10.9 Å². The van der Waals surface area contributed by atoms with Crippen LogP contribution in [0.3, 0.4) is 0 Å². The lowest BCUT2D eigenvalue weighted by Gasteiger charge is -2.43. The number of allylic oxidation sites excluding steroid dienone is 9. The van der Waals surface area contributed by atoms with Gasteiger partial charge in [-0.2, -0.15) is 0 Å². The Bertz CT molecular complexity index is 2270. The number of nitrogens with zero attached hydrogens (tertiary/aromatic N) is 1. The van der Waals surface area contributed by atoms with E-state index in [2.05, 4.69) is 177 Å². The SMILES string of the molecule is C=CC(=N[C@@H](/C=C/C(=C)C1C=CC=CC1c1ccccc1C1(c2ccccc2)c2ccccc2Oc2ccccc21)C1=CCCC=C1)c1ccccc1. The molecule has 0 bridgehead atoms. The first kappa shape index (κ1) is 33.9. The van der Waals surface area contributed by atoms with E-state index in [1.807, 2.05) is 24.3 Å². The van der Waals surface area contributed by atoms with Crippen LogP contribution in [0.2, 0.25) is 0 Å². The zero-order valence-corrected chi connectivity index (χ0v) is 29.9. The van der Waals surface area contributed by atoms with Gasteiger partial charge < -0.3 is 4.74 Å². The van der Waals surface area contributed by atoms with Crippen molar-refractivity contribution in [1.82, 2.24) is 0 Å². The summed E-state index contributed by atoms with van der Waals surface area (Å²) < 4.78 is 6.61. The molecular weight excluding hydrogens is 643 g/mol. The van der Waals surface area contributed by atoms with E-state index in [1.54, 1.807) is 0 Å². The maximum atomic E-state index is 6.61. The average Bonchev–Trinajstić information content (AvgIpc) is 3.24. The number of aliphatic imine (C=N–C) groups is 1. The van der Waals surface area contributed by atoms with Gasteiger partial charge in [-0.1, -0.05) is 189 Å². The minimum Gasteiger partial charge on any atom is -0.457 e. The monoisotopic (exact) mass is 685 g/mol. The Hall–Kier alpha value is -6.25. The van der Waals surface area contributed by atoms with Gasteiger partial charge in [0.05, 0.1) is 17.2 Å². The maximum absolute atomic E-state index is 6.61. The molecule has 3 atom stereocenters. The zero-order chi connectivity index (χ0) is 36.0. The van der Waals surface area contributed by atoms with Gasteiger partial charge in [0.1, 0.15) is 11.5 Å². The minimum absolute atomic E-state index is 0.0315. The van der Waals surface area contributed by atoms with Gasteiger partial charge in [-0.3, -0.25) is 4.99 Å². The second-order valence-corrected chi connectivity index (χ2v) is 13.8. The summed E-state index contributed by atoms with van der Waals surface area (Å²) in [5, 5.41) is 0. The molecule has 2 aliphatic carbocycles. The van der Waals surface area contributed by atoms with E-state index in [0.717, 1.165) is 52.3 Å². The summed E-state index contributed by atoms with van der Waals surface area (Å²) in [5.74, 6) is 1.82. The number of hydrogen-bond acceptors (Lipinski definition) is 2. The number of benzene rings is 5. The molecule has 0 amide bonds. The van der Waals surface area contributed by atoms with Gasteiger partial charge in [0.25, 0.3) is 0 Å². The molecule has 0 spiro atoms. The van der Waals surface area contributed by atoms with Crippen LogP contribution in [0.1, 0.15) is 52.1 Å². The summed E-state index contributed by atoms with van der Waals surface area (Å²) in [7, 11) is 0. The van der Waals surface area contributed by atoms with Crippen molar-refractivity contribution in [1.29, 1.82) is 0 Å². The largest absolute Gasteiger partial charge is 0.457 e. The van der Waals surface area contributed by atoms with Crippen LogP contribution >= 0.6 is 0 Å². The molecule has 0 radical (unpaired) electrons. The smallest absolute Gasteiger partial charge is 0.132 e. The second-order valence-electron chi connectivity index (χ2n) is 13.8. The Kier molecular flexibility index (Phi) is 9.69. The van der Waals surface area contributed by atoms with E-state index in [0.29, 0.717) is 0 Å². The van der Waals surface area contributed by atoms with Crippen molar-refractivity contribution in [2.45, 2.75) is 30.2 Å². The highest BCUT2D eigenvalue weighted by Gasteiger charge is 2.47. The Morgan fingerprint density at radius 2 is 1.34 bits per heavy atom. The van der Waals surface area contributed by atoms with Gasteiger partial charge in [0.15, 0.2) is 0 Å². The molecule has 0 saturated heterocycles. The van der Waals surface area contributed by atoms with Crippen LogP contribution in [0.15, 0.2) is 224 Å². The summed E-state index contributed by atoms with van der Waals surface area (Å²) in [5.41, 5.74) is 9.51. The molecule has 0 fully saturated rings. The van der Waals surface area contributed by atoms with Crippen LogP contribution in [0.4, 0.5) is 0 Å². The molecule has 0 aromatic heterocycles. The Balaban J connectivity index is 1.23. The third kappa shape index (κ3) is 6.42. The topological polar surface area (TPSA) is 21.6 Å². The normalized spacial score (nSPS) is 19.1. The molecule has 0 N–H and O–H groups in total. The number of rotatable bonds is 10. The fourth-order valence-electron chi connectivity index (χ4n) is 8.24. The van der Waals surface area contributed by atoms with Gasteiger partial charge in [0, 0.05) is 23.0 Å². The van der Waals surface area contributed by atoms with Crippen LogP contribution in [0.5, 0.6) is 11.5 Å². The van der Waals surface area contributed by atoms with E-state index in [9.17, 15) is 0 Å². The number of fused-ring (bicyclic) bond motifs is 2. The van der Waals surface area contributed by atoms with Gasteiger partial charge in [-0.15, -0.1) is 0 Å². The van der Waals surface area contributed by atoms with E-state index in [4.69, 9.17) is 16.3 Å². The van der Waals surface area contributed by atoms with Crippen LogP contribution in [-0.2, 0) is 5.41 Å². The summed E-state index contributed by atoms with van der Waals surface area (Å²) in [6.45, 7) is 8.84. The predicted octanol–water partition coefficient (Wildman–Crippen LogP) is 12.4. The summed E-state index contributed by atoms with van der Waals surface area (Å²) >= 11 is 0. The Morgan fingerprint density at radius 3 is 2.02 bits per heavy atom. The third-order valence-corrected chi connectivity index (χ3v) is 10.7. The second kappa shape index (κ2) is 15.2. The molecule has 2 unspecified atom stereocenters. The quantitative estimate of drug-likeness (QED) is 0.104. The summed E-state index contributed by atoms with van der Waals surface area (Å²) in [6.07, 6.45) is 24.1. The molecule has 5 aromatic carbocycles. The van der Waals surface area contributed by atoms with Crippen molar-refractivity contribution < 1.29 is 4.74 Å². The number of para-hydroxylation sites is 2. The lowest BCUT2D eigenvalue weighted by atomic mass is 9.61. The molecule has 1 aliphatic heterocycles. The van der Waals surface area contributed by atoms with Crippen molar-refractivity contribution in [3.63, 3.8) is 0 Å². The van der Waals surface area contributed by atoms with Crippen molar-refractivity contribution in [3.8, 4) is 11.5 Å². The molecule has 53 heavy (non-hydrogen) atoms. The molecule has 0 saturated carbocycles. The lowest BCUT2D eigenvalue weighted by Crippen LogP contribution is -2.35.